The maximum atomic E-state index is 6.06. The molecule has 3 heteroatoms. The standard InChI is InChI=1S/C17H32N2O/c1-14(2)15-11-18-17(8-4-5-9-17)13-19(15)12-16(3)7-6-10-20-16/h14-15,18H,4-13H2,1-3H3. The molecular formula is C17H32N2O. The van der Waals surface area contributed by atoms with E-state index < -0.39 is 0 Å². The number of piperazine rings is 1. The van der Waals surface area contributed by atoms with Crippen molar-refractivity contribution < 1.29 is 4.74 Å². The van der Waals surface area contributed by atoms with Crippen LogP contribution in [-0.2, 0) is 4.74 Å². The molecule has 0 aromatic heterocycles. The fourth-order valence-corrected chi connectivity index (χ4v) is 4.62. The molecule has 0 amide bonds. The minimum atomic E-state index is 0.101. The molecule has 0 radical (unpaired) electrons. The lowest BCUT2D eigenvalue weighted by Crippen LogP contribution is -2.66. The summed E-state index contributed by atoms with van der Waals surface area (Å²) < 4.78 is 6.06. The van der Waals surface area contributed by atoms with Gasteiger partial charge in [-0.1, -0.05) is 26.7 Å². The van der Waals surface area contributed by atoms with Gasteiger partial charge in [0.2, 0.25) is 0 Å². The molecule has 0 aromatic carbocycles. The normalized spacial score (nSPS) is 38.1. The van der Waals surface area contributed by atoms with Crippen LogP contribution in [0.25, 0.3) is 0 Å². The summed E-state index contributed by atoms with van der Waals surface area (Å²) in [6.45, 7) is 11.5. The van der Waals surface area contributed by atoms with E-state index in [1.807, 2.05) is 0 Å². The topological polar surface area (TPSA) is 24.5 Å². The molecule has 0 aromatic rings. The smallest absolute Gasteiger partial charge is 0.0781 e. The lowest BCUT2D eigenvalue weighted by Gasteiger charge is -2.49. The van der Waals surface area contributed by atoms with Gasteiger partial charge >= 0.3 is 0 Å². The van der Waals surface area contributed by atoms with E-state index in [0.29, 0.717) is 17.5 Å². The summed E-state index contributed by atoms with van der Waals surface area (Å²) in [6.07, 6.45) is 8.01. The zero-order chi connectivity index (χ0) is 14.2. The zero-order valence-electron chi connectivity index (χ0n) is 13.6. The Morgan fingerprint density at radius 1 is 1.20 bits per heavy atom. The van der Waals surface area contributed by atoms with Gasteiger partial charge in [-0.2, -0.15) is 0 Å². The molecule has 1 saturated carbocycles. The highest BCUT2D eigenvalue weighted by molar-refractivity contribution is 5.03. The molecule has 1 aliphatic carbocycles. The van der Waals surface area contributed by atoms with Crippen LogP contribution in [0.1, 0.15) is 59.3 Å². The first-order valence-electron chi connectivity index (χ1n) is 8.65. The molecule has 3 fully saturated rings. The second-order valence-corrected chi connectivity index (χ2v) is 7.99. The Balaban J connectivity index is 1.71. The number of nitrogens with zero attached hydrogens (tertiary/aromatic N) is 1. The van der Waals surface area contributed by atoms with Gasteiger partial charge in [-0.3, -0.25) is 4.90 Å². The van der Waals surface area contributed by atoms with Crippen LogP contribution in [0.5, 0.6) is 0 Å². The predicted molar refractivity (Wildman–Crippen MR) is 83.0 cm³/mol. The Kier molecular flexibility index (Phi) is 4.13. The third-order valence-electron chi connectivity index (χ3n) is 5.83. The van der Waals surface area contributed by atoms with Gasteiger partial charge in [0.1, 0.15) is 0 Å². The van der Waals surface area contributed by atoms with E-state index in [4.69, 9.17) is 4.74 Å². The highest BCUT2D eigenvalue weighted by Crippen LogP contribution is 2.36. The van der Waals surface area contributed by atoms with Gasteiger partial charge in [0.25, 0.3) is 0 Å². The van der Waals surface area contributed by atoms with Gasteiger partial charge < -0.3 is 10.1 Å². The molecule has 3 nitrogen and oxygen atoms in total. The van der Waals surface area contributed by atoms with Crippen molar-refractivity contribution in [2.24, 2.45) is 5.92 Å². The second-order valence-electron chi connectivity index (χ2n) is 7.99. The average Bonchev–Trinajstić information content (AvgIpc) is 2.99. The largest absolute Gasteiger partial charge is 0.374 e. The fraction of sp³-hybridized carbons (Fsp3) is 1.00. The second kappa shape index (κ2) is 5.58. The molecular weight excluding hydrogens is 248 g/mol. The van der Waals surface area contributed by atoms with Crippen LogP contribution in [0, 0.1) is 5.92 Å². The van der Waals surface area contributed by atoms with Gasteiger partial charge in [0, 0.05) is 37.8 Å². The van der Waals surface area contributed by atoms with Crippen LogP contribution in [0.15, 0.2) is 0 Å². The fourth-order valence-electron chi connectivity index (χ4n) is 4.62. The highest BCUT2D eigenvalue weighted by atomic mass is 16.5. The summed E-state index contributed by atoms with van der Waals surface area (Å²) in [5.41, 5.74) is 0.518. The van der Waals surface area contributed by atoms with E-state index in [1.165, 1.54) is 45.1 Å². The Labute approximate surface area is 124 Å². The van der Waals surface area contributed by atoms with Crippen molar-refractivity contribution in [2.45, 2.75) is 76.5 Å². The van der Waals surface area contributed by atoms with Crippen molar-refractivity contribution >= 4 is 0 Å². The Bertz CT molecular complexity index is 328. The van der Waals surface area contributed by atoms with E-state index in [0.717, 1.165) is 19.7 Å². The minimum Gasteiger partial charge on any atom is -0.374 e. The molecule has 2 heterocycles. The lowest BCUT2D eigenvalue weighted by atomic mass is 9.87. The molecule has 20 heavy (non-hydrogen) atoms. The third kappa shape index (κ3) is 2.90. The summed E-state index contributed by atoms with van der Waals surface area (Å²) in [5.74, 6) is 0.714. The molecule has 2 atom stereocenters. The molecule has 1 spiro atoms. The lowest BCUT2D eigenvalue weighted by molar-refractivity contribution is -0.0439. The van der Waals surface area contributed by atoms with Crippen molar-refractivity contribution in [1.82, 2.24) is 10.2 Å². The van der Waals surface area contributed by atoms with Crippen molar-refractivity contribution in [3.05, 3.63) is 0 Å². The predicted octanol–water partition coefficient (Wildman–Crippen LogP) is 2.80. The van der Waals surface area contributed by atoms with E-state index >= 15 is 0 Å². The summed E-state index contributed by atoms with van der Waals surface area (Å²) in [6, 6.07) is 0.669. The van der Waals surface area contributed by atoms with Crippen molar-refractivity contribution in [2.75, 3.05) is 26.2 Å². The first-order valence-corrected chi connectivity index (χ1v) is 8.65. The van der Waals surface area contributed by atoms with Crippen LogP contribution in [0.4, 0.5) is 0 Å². The van der Waals surface area contributed by atoms with E-state index in [2.05, 4.69) is 31.0 Å². The van der Waals surface area contributed by atoms with Gasteiger partial charge in [0.05, 0.1) is 5.60 Å². The van der Waals surface area contributed by atoms with Crippen molar-refractivity contribution in [1.29, 1.82) is 0 Å². The summed E-state index contributed by atoms with van der Waals surface area (Å²) in [5, 5.41) is 3.91. The van der Waals surface area contributed by atoms with E-state index in [-0.39, 0.29) is 5.60 Å². The molecule has 2 saturated heterocycles. The monoisotopic (exact) mass is 280 g/mol. The van der Waals surface area contributed by atoms with Crippen LogP contribution in [-0.4, -0.2) is 48.3 Å². The minimum absolute atomic E-state index is 0.101. The Morgan fingerprint density at radius 3 is 2.55 bits per heavy atom. The average molecular weight is 280 g/mol. The molecule has 3 rings (SSSR count). The maximum absolute atomic E-state index is 6.06. The quantitative estimate of drug-likeness (QED) is 0.860. The van der Waals surface area contributed by atoms with Crippen LogP contribution < -0.4 is 5.32 Å². The zero-order valence-corrected chi connectivity index (χ0v) is 13.6. The van der Waals surface area contributed by atoms with E-state index in [9.17, 15) is 0 Å². The van der Waals surface area contributed by atoms with E-state index in [1.54, 1.807) is 0 Å². The molecule has 1 N–H and O–H groups in total. The summed E-state index contributed by atoms with van der Waals surface area (Å²) in [4.78, 5) is 2.76. The first kappa shape index (κ1) is 14.8. The van der Waals surface area contributed by atoms with Gasteiger partial charge in [-0.25, -0.2) is 0 Å². The van der Waals surface area contributed by atoms with Crippen molar-refractivity contribution in [3.8, 4) is 0 Å². The number of rotatable bonds is 3. The molecule has 116 valence electrons. The number of ether oxygens (including phenoxy) is 1. The van der Waals surface area contributed by atoms with Gasteiger partial charge in [-0.05, 0) is 38.5 Å². The van der Waals surface area contributed by atoms with Crippen LogP contribution in [0.2, 0.25) is 0 Å². The van der Waals surface area contributed by atoms with Crippen molar-refractivity contribution in [3.63, 3.8) is 0 Å². The summed E-state index contributed by atoms with van der Waals surface area (Å²) >= 11 is 0. The van der Waals surface area contributed by atoms with Gasteiger partial charge in [-0.15, -0.1) is 0 Å². The third-order valence-corrected chi connectivity index (χ3v) is 5.83. The number of hydrogen-bond donors (Lipinski definition) is 1. The molecule has 3 aliphatic rings. The summed E-state index contributed by atoms with van der Waals surface area (Å²) in [7, 11) is 0. The highest BCUT2D eigenvalue weighted by Gasteiger charge is 2.44. The molecule has 2 unspecified atom stereocenters. The first-order chi connectivity index (χ1) is 9.52. The Hall–Kier alpha value is -0.120. The Morgan fingerprint density at radius 2 is 1.95 bits per heavy atom. The number of hydrogen-bond acceptors (Lipinski definition) is 3. The SMILES string of the molecule is CC(C)C1CNC2(CCCC2)CN1CC1(C)CCCO1. The maximum Gasteiger partial charge on any atom is 0.0781 e. The number of nitrogens with one attached hydrogen (secondary N) is 1. The van der Waals surface area contributed by atoms with Crippen LogP contribution in [0.3, 0.4) is 0 Å². The van der Waals surface area contributed by atoms with Crippen LogP contribution >= 0.6 is 0 Å². The molecule has 2 aliphatic heterocycles. The van der Waals surface area contributed by atoms with Gasteiger partial charge in [0.15, 0.2) is 0 Å². The molecule has 0 bridgehead atoms.